The van der Waals surface area contributed by atoms with Crippen molar-refractivity contribution in [3.63, 3.8) is 0 Å². The zero-order chi connectivity index (χ0) is 20.8. The van der Waals surface area contributed by atoms with Gasteiger partial charge < -0.3 is 19.9 Å². The first-order chi connectivity index (χ1) is 14.0. The molecule has 3 rings (SSSR count). The van der Waals surface area contributed by atoms with Crippen LogP contribution >= 0.6 is 12.2 Å². The minimum Gasteiger partial charge on any atom is -0.493 e. The zero-order valence-corrected chi connectivity index (χ0v) is 16.7. The number of nitrogens with zero attached hydrogens (tertiary/aromatic N) is 1. The second-order valence-corrected chi connectivity index (χ2v) is 6.33. The Hall–Kier alpha value is -3.65. The van der Waals surface area contributed by atoms with Gasteiger partial charge in [0, 0.05) is 5.56 Å². The van der Waals surface area contributed by atoms with Gasteiger partial charge in [0.25, 0.3) is 0 Å². The molecule has 29 heavy (non-hydrogen) atoms. The Labute approximate surface area is 173 Å². The maximum atomic E-state index is 12.7. The number of methoxy groups -OCH3 is 2. The van der Waals surface area contributed by atoms with Crippen molar-refractivity contribution in [2.24, 2.45) is 10.8 Å². The number of hydrogen-bond acceptors (Lipinski definition) is 6. The van der Waals surface area contributed by atoms with E-state index in [2.05, 4.69) is 10.5 Å². The van der Waals surface area contributed by atoms with Crippen molar-refractivity contribution in [3.05, 3.63) is 65.7 Å². The molecule has 0 aliphatic rings. The van der Waals surface area contributed by atoms with E-state index in [4.69, 9.17) is 32.2 Å². The maximum Gasteiger partial charge on any atom is 0.343 e. The summed E-state index contributed by atoms with van der Waals surface area (Å²) in [5, 5.41) is 5.87. The molecule has 0 heterocycles. The first-order valence-electron chi connectivity index (χ1n) is 8.58. The van der Waals surface area contributed by atoms with Gasteiger partial charge in [-0.1, -0.05) is 30.3 Å². The Kier molecular flexibility index (Phi) is 6.25. The number of benzene rings is 3. The van der Waals surface area contributed by atoms with E-state index in [1.54, 1.807) is 24.3 Å². The lowest BCUT2D eigenvalue weighted by atomic mass is 10.0. The summed E-state index contributed by atoms with van der Waals surface area (Å²) in [7, 11) is 3.03. The second kappa shape index (κ2) is 9.03. The summed E-state index contributed by atoms with van der Waals surface area (Å²) in [6.07, 6.45) is 1.51. The largest absolute Gasteiger partial charge is 0.493 e. The predicted molar refractivity (Wildman–Crippen MR) is 116 cm³/mol. The number of hydrogen-bond donors (Lipinski definition) is 2. The topological polar surface area (TPSA) is 95.2 Å². The van der Waals surface area contributed by atoms with Gasteiger partial charge in [-0.2, -0.15) is 5.10 Å². The maximum absolute atomic E-state index is 12.7. The fourth-order valence-electron chi connectivity index (χ4n) is 2.78. The van der Waals surface area contributed by atoms with Crippen molar-refractivity contribution < 1.29 is 19.0 Å². The number of carbonyl (C=O) groups excluding carboxylic acids is 1. The van der Waals surface area contributed by atoms with Crippen LogP contribution in [0.4, 0.5) is 0 Å². The van der Waals surface area contributed by atoms with Gasteiger partial charge in [0.1, 0.15) is 5.75 Å². The van der Waals surface area contributed by atoms with E-state index in [0.717, 1.165) is 10.8 Å². The lowest BCUT2D eigenvalue weighted by molar-refractivity contribution is 0.0734. The highest BCUT2D eigenvalue weighted by Crippen LogP contribution is 2.30. The highest BCUT2D eigenvalue weighted by atomic mass is 32.1. The standard InChI is InChI=1S/C21H19N3O4S/c1-26-18-10-8-14(11-19(18)27-2)20(25)28-17-9-7-13-5-3-4-6-15(13)16(17)12-23-24-21(22)29/h3-12H,1-2H3,(H3,22,24,29)/b23-12+. The quantitative estimate of drug-likeness (QED) is 0.212. The van der Waals surface area contributed by atoms with Gasteiger partial charge in [-0.05, 0) is 47.3 Å². The number of thiocarbonyl (C=S) groups is 1. The molecule has 0 unspecified atom stereocenters. The highest BCUT2D eigenvalue weighted by molar-refractivity contribution is 7.80. The molecule has 7 nitrogen and oxygen atoms in total. The molecule has 0 bridgehead atoms. The molecule has 0 fully saturated rings. The molecule has 0 aromatic heterocycles. The van der Waals surface area contributed by atoms with Crippen molar-refractivity contribution in [1.29, 1.82) is 0 Å². The number of nitrogens with one attached hydrogen (secondary N) is 1. The van der Waals surface area contributed by atoms with Crippen LogP contribution in [0.15, 0.2) is 59.7 Å². The monoisotopic (exact) mass is 409 g/mol. The van der Waals surface area contributed by atoms with Crippen molar-refractivity contribution >= 4 is 40.3 Å². The first kappa shape index (κ1) is 20.1. The summed E-state index contributed by atoms with van der Waals surface area (Å²) >= 11 is 4.76. The molecule has 0 radical (unpaired) electrons. The summed E-state index contributed by atoms with van der Waals surface area (Å²) in [6, 6.07) is 16.1. The predicted octanol–water partition coefficient (Wildman–Crippen LogP) is 3.24. The van der Waals surface area contributed by atoms with Crippen molar-refractivity contribution in [2.75, 3.05) is 14.2 Å². The van der Waals surface area contributed by atoms with E-state index in [1.807, 2.05) is 30.3 Å². The Morgan fingerprint density at radius 3 is 2.48 bits per heavy atom. The molecule has 0 spiro atoms. The summed E-state index contributed by atoms with van der Waals surface area (Å²) in [5.41, 5.74) is 8.85. The van der Waals surface area contributed by atoms with Crippen LogP contribution < -0.4 is 25.4 Å². The summed E-state index contributed by atoms with van der Waals surface area (Å²) in [4.78, 5) is 12.7. The van der Waals surface area contributed by atoms with E-state index < -0.39 is 5.97 Å². The number of nitrogens with two attached hydrogens (primary N) is 1. The Morgan fingerprint density at radius 1 is 1.03 bits per heavy atom. The lowest BCUT2D eigenvalue weighted by Gasteiger charge is -2.12. The van der Waals surface area contributed by atoms with Gasteiger partial charge in [-0.25, -0.2) is 4.79 Å². The summed E-state index contributed by atoms with van der Waals surface area (Å²) in [5.74, 6) is 0.754. The smallest absolute Gasteiger partial charge is 0.343 e. The Balaban J connectivity index is 1.97. The second-order valence-electron chi connectivity index (χ2n) is 5.89. The van der Waals surface area contributed by atoms with E-state index in [-0.39, 0.29) is 5.11 Å². The molecule has 8 heteroatoms. The zero-order valence-electron chi connectivity index (χ0n) is 15.8. The van der Waals surface area contributed by atoms with Crippen LogP contribution in [0.3, 0.4) is 0 Å². The first-order valence-corrected chi connectivity index (χ1v) is 8.98. The van der Waals surface area contributed by atoms with Crippen LogP contribution in [0.25, 0.3) is 10.8 Å². The van der Waals surface area contributed by atoms with Crippen molar-refractivity contribution in [1.82, 2.24) is 5.43 Å². The lowest BCUT2D eigenvalue weighted by Crippen LogP contribution is -2.24. The average molecular weight is 409 g/mol. The summed E-state index contributed by atoms with van der Waals surface area (Å²) in [6.45, 7) is 0. The van der Waals surface area contributed by atoms with Gasteiger partial charge in [0.05, 0.1) is 26.0 Å². The molecule has 0 atom stereocenters. The van der Waals surface area contributed by atoms with Gasteiger partial charge >= 0.3 is 5.97 Å². The van der Waals surface area contributed by atoms with Crippen LogP contribution in [0.2, 0.25) is 0 Å². The SMILES string of the molecule is COc1ccc(C(=O)Oc2ccc3ccccc3c2/C=N/NC(N)=S)cc1OC. The molecule has 0 amide bonds. The third kappa shape index (κ3) is 4.61. The van der Waals surface area contributed by atoms with Crippen LogP contribution in [-0.4, -0.2) is 31.5 Å². The van der Waals surface area contributed by atoms with Crippen LogP contribution in [-0.2, 0) is 0 Å². The fraction of sp³-hybridized carbons (Fsp3) is 0.0952. The number of esters is 1. The molecule has 0 aliphatic carbocycles. The summed E-state index contributed by atoms with van der Waals surface area (Å²) < 4.78 is 16.1. The number of hydrazone groups is 1. The minimum absolute atomic E-state index is 0.0327. The van der Waals surface area contributed by atoms with Crippen LogP contribution in [0, 0.1) is 0 Å². The number of fused-ring (bicyclic) bond motifs is 1. The van der Waals surface area contributed by atoms with Crippen LogP contribution in [0.5, 0.6) is 17.2 Å². The fourth-order valence-corrected chi connectivity index (χ4v) is 2.83. The Bertz CT molecular complexity index is 1100. The number of ether oxygens (including phenoxy) is 3. The van der Waals surface area contributed by atoms with E-state index in [1.165, 1.54) is 20.4 Å². The minimum atomic E-state index is -0.543. The van der Waals surface area contributed by atoms with E-state index >= 15 is 0 Å². The van der Waals surface area contributed by atoms with Crippen LogP contribution in [0.1, 0.15) is 15.9 Å². The van der Waals surface area contributed by atoms with E-state index in [9.17, 15) is 4.79 Å². The number of rotatable bonds is 6. The normalized spacial score (nSPS) is 10.7. The van der Waals surface area contributed by atoms with Gasteiger partial charge in [0.2, 0.25) is 0 Å². The Morgan fingerprint density at radius 2 is 1.76 bits per heavy atom. The highest BCUT2D eigenvalue weighted by Gasteiger charge is 2.16. The molecule has 0 saturated carbocycles. The molecule has 0 aliphatic heterocycles. The molecule has 148 valence electrons. The van der Waals surface area contributed by atoms with Gasteiger partial charge in [0.15, 0.2) is 16.6 Å². The molecule has 3 N–H and O–H groups in total. The molecule has 3 aromatic carbocycles. The van der Waals surface area contributed by atoms with Gasteiger partial charge in [-0.3, -0.25) is 5.43 Å². The van der Waals surface area contributed by atoms with Crippen molar-refractivity contribution in [3.8, 4) is 17.2 Å². The third-order valence-electron chi connectivity index (χ3n) is 4.12. The van der Waals surface area contributed by atoms with Crippen molar-refractivity contribution in [2.45, 2.75) is 0 Å². The van der Waals surface area contributed by atoms with Gasteiger partial charge in [-0.15, -0.1) is 0 Å². The van der Waals surface area contributed by atoms with E-state index in [0.29, 0.717) is 28.4 Å². The molecular weight excluding hydrogens is 390 g/mol. The third-order valence-corrected chi connectivity index (χ3v) is 4.21. The average Bonchev–Trinajstić information content (AvgIpc) is 2.74. The number of carbonyl (C=O) groups is 1. The molecular formula is C21H19N3O4S. The molecule has 3 aromatic rings. The molecule has 0 saturated heterocycles.